The van der Waals surface area contributed by atoms with E-state index < -0.39 is 10.0 Å². The fourth-order valence-corrected chi connectivity index (χ4v) is 6.83. The highest BCUT2D eigenvalue weighted by Crippen LogP contribution is 2.32. The van der Waals surface area contributed by atoms with Gasteiger partial charge in [0.15, 0.2) is 5.76 Å². The van der Waals surface area contributed by atoms with Crippen molar-refractivity contribution in [3.63, 3.8) is 0 Å². The molecule has 2 aliphatic heterocycles. The van der Waals surface area contributed by atoms with Crippen LogP contribution in [0.15, 0.2) is 33.7 Å². The average Bonchev–Trinajstić information content (AvgIpc) is 3.21. The van der Waals surface area contributed by atoms with Crippen molar-refractivity contribution < 1.29 is 22.5 Å². The van der Waals surface area contributed by atoms with E-state index >= 15 is 0 Å². The lowest BCUT2D eigenvalue weighted by molar-refractivity contribution is -0.137. The molecule has 4 rings (SSSR count). The molecule has 34 heavy (non-hydrogen) atoms. The first-order valence-electron chi connectivity index (χ1n) is 11.8. The molecule has 2 aromatic rings. The predicted octanol–water partition coefficient (Wildman–Crippen LogP) is 2.69. The van der Waals surface area contributed by atoms with Gasteiger partial charge in [-0.05, 0) is 44.7 Å². The van der Waals surface area contributed by atoms with Crippen molar-refractivity contribution in [1.82, 2.24) is 14.4 Å². The first-order valence-corrected chi connectivity index (χ1v) is 13.3. The molecule has 1 aromatic heterocycles. The summed E-state index contributed by atoms with van der Waals surface area (Å²) in [5, 5.41) is 3.79. The Balaban J connectivity index is 1.31. The number of anilines is 1. The zero-order chi connectivity index (χ0) is 24.5. The number of carbonyl (C=O) groups is 1. The zero-order valence-electron chi connectivity index (χ0n) is 20.4. The third-order valence-corrected chi connectivity index (χ3v) is 9.31. The van der Waals surface area contributed by atoms with Crippen LogP contribution in [0, 0.1) is 25.7 Å². The Morgan fingerprint density at radius 2 is 1.79 bits per heavy atom. The smallest absolute Gasteiger partial charge is 0.248 e. The van der Waals surface area contributed by atoms with E-state index in [0.717, 1.165) is 24.5 Å². The summed E-state index contributed by atoms with van der Waals surface area (Å²) in [6.07, 6.45) is 1.33. The number of ether oxygens (including phenoxy) is 1. The third kappa shape index (κ3) is 4.79. The Kier molecular flexibility index (Phi) is 7.18. The second-order valence-corrected chi connectivity index (χ2v) is 11.1. The molecule has 1 aromatic carbocycles. The number of sulfonamides is 1. The molecule has 0 radical (unpaired) electrons. The van der Waals surface area contributed by atoms with Crippen molar-refractivity contribution >= 4 is 21.6 Å². The number of carbonyl (C=O) groups excluding carboxylic acids is 1. The number of nitrogens with zero attached hydrogens (tertiary/aromatic N) is 4. The van der Waals surface area contributed by atoms with Gasteiger partial charge in [-0.1, -0.05) is 18.1 Å². The van der Waals surface area contributed by atoms with Crippen LogP contribution in [0.25, 0.3) is 0 Å². The molecule has 1 atom stereocenters. The molecular weight excluding hydrogens is 456 g/mol. The Bertz CT molecular complexity index is 1100. The van der Waals surface area contributed by atoms with E-state index in [-0.39, 0.29) is 22.6 Å². The van der Waals surface area contributed by atoms with Gasteiger partial charge in [0.1, 0.15) is 16.3 Å². The van der Waals surface area contributed by atoms with Crippen LogP contribution in [-0.4, -0.2) is 75.1 Å². The van der Waals surface area contributed by atoms with Crippen LogP contribution in [0.3, 0.4) is 0 Å². The SMILES string of the molecule is COc1cccc(N2CCN(C(=O)C(C)C3CCN(S(=O)(=O)c4c(C)noc4C)CC3)CC2)c1. The quantitative estimate of drug-likeness (QED) is 0.614. The molecule has 2 aliphatic rings. The van der Waals surface area contributed by atoms with Crippen LogP contribution in [-0.2, 0) is 14.8 Å². The highest BCUT2D eigenvalue weighted by Gasteiger charge is 2.37. The number of hydrogen-bond acceptors (Lipinski definition) is 7. The Morgan fingerprint density at radius 1 is 1.12 bits per heavy atom. The van der Waals surface area contributed by atoms with Gasteiger partial charge in [-0.2, -0.15) is 4.31 Å². The fourth-order valence-electron chi connectivity index (χ4n) is 5.07. The van der Waals surface area contributed by atoms with Crippen molar-refractivity contribution in [2.75, 3.05) is 51.3 Å². The molecule has 0 aliphatic carbocycles. The molecule has 0 saturated carbocycles. The molecule has 0 bridgehead atoms. The highest BCUT2D eigenvalue weighted by atomic mass is 32.2. The van der Waals surface area contributed by atoms with E-state index in [1.807, 2.05) is 30.0 Å². The average molecular weight is 491 g/mol. The van der Waals surface area contributed by atoms with Gasteiger partial charge in [0, 0.05) is 56.9 Å². The molecule has 10 heteroatoms. The van der Waals surface area contributed by atoms with E-state index in [1.165, 1.54) is 4.31 Å². The molecule has 1 amide bonds. The minimum Gasteiger partial charge on any atom is -0.497 e. The number of amides is 1. The Labute approximate surface area is 201 Å². The summed E-state index contributed by atoms with van der Waals surface area (Å²) in [6.45, 7) is 8.97. The summed E-state index contributed by atoms with van der Waals surface area (Å²) < 4.78 is 38.0. The molecule has 3 heterocycles. The molecule has 9 nitrogen and oxygen atoms in total. The first-order chi connectivity index (χ1) is 16.2. The normalized spacial score (nSPS) is 19.3. The van der Waals surface area contributed by atoms with Gasteiger partial charge in [0.05, 0.1) is 7.11 Å². The summed E-state index contributed by atoms with van der Waals surface area (Å²) in [7, 11) is -1.98. The van der Waals surface area contributed by atoms with Gasteiger partial charge < -0.3 is 19.1 Å². The maximum Gasteiger partial charge on any atom is 0.248 e. The summed E-state index contributed by atoms with van der Waals surface area (Å²) in [5.74, 6) is 1.34. The standard InChI is InChI=1S/C24H34N4O5S/c1-17(20-8-10-28(11-9-20)34(30,31)23-18(2)25-33-19(23)3)24(29)27-14-12-26(13-15-27)21-6-5-7-22(16-21)32-4/h5-7,16-17,20H,8-15H2,1-4H3. The summed E-state index contributed by atoms with van der Waals surface area (Å²) in [5.41, 5.74) is 1.49. The van der Waals surface area contributed by atoms with Crippen molar-refractivity contribution in [3.8, 4) is 5.75 Å². The number of rotatable bonds is 6. The van der Waals surface area contributed by atoms with Crippen molar-refractivity contribution in [2.45, 2.75) is 38.5 Å². The van der Waals surface area contributed by atoms with Crippen LogP contribution in [0.5, 0.6) is 5.75 Å². The lowest BCUT2D eigenvalue weighted by Crippen LogP contribution is -2.51. The van der Waals surface area contributed by atoms with Gasteiger partial charge in [-0.3, -0.25) is 4.79 Å². The van der Waals surface area contributed by atoms with E-state index in [4.69, 9.17) is 9.26 Å². The molecular formula is C24H34N4O5S. The van der Waals surface area contributed by atoms with Crippen molar-refractivity contribution in [2.24, 2.45) is 11.8 Å². The predicted molar refractivity (Wildman–Crippen MR) is 128 cm³/mol. The summed E-state index contributed by atoms with van der Waals surface area (Å²) in [6, 6.07) is 7.99. The lowest BCUT2D eigenvalue weighted by atomic mass is 9.85. The molecule has 2 saturated heterocycles. The molecule has 1 unspecified atom stereocenters. The van der Waals surface area contributed by atoms with Gasteiger partial charge in [-0.25, -0.2) is 8.42 Å². The Hall–Kier alpha value is -2.59. The lowest BCUT2D eigenvalue weighted by Gasteiger charge is -2.39. The third-order valence-electron chi connectivity index (χ3n) is 7.17. The maximum absolute atomic E-state index is 13.2. The molecule has 186 valence electrons. The van der Waals surface area contributed by atoms with E-state index in [0.29, 0.717) is 50.5 Å². The monoisotopic (exact) mass is 490 g/mol. The van der Waals surface area contributed by atoms with Crippen LogP contribution in [0.2, 0.25) is 0 Å². The minimum atomic E-state index is -3.64. The van der Waals surface area contributed by atoms with E-state index in [9.17, 15) is 13.2 Å². The summed E-state index contributed by atoms with van der Waals surface area (Å²) >= 11 is 0. The van der Waals surface area contributed by atoms with Gasteiger partial charge in [0.25, 0.3) is 0 Å². The minimum absolute atomic E-state index is 0.132. The van der Waals surface area contributed by atoms with Crippen LogP contribution in [0.4, 0.5) is 5.69 Å². The molecule has 0 N–H and O–H groups in total. The van der Waals surface area contributed by atoms with Crippen LogP contribution >= 0.6 is 0 Å². The molecule has 2 fully saturated rings. The van der Waals surface area contributed by atoms with Crippen molar-refractivity contribution in [3.05, 3.63) is 35.7 Å². The first kappa shape index (κ1) is 24.5. The van der Waals surface area contributed by atoms with Gasteiger partial charge in [0.2, 0.25) is 15.9 Å². The van der Waals surface area contributed by atoms with E-state index in [2.05, 4.69) is 16.1 Å². The number of hydrogen-bond donors (Lipinski definition) is 0. The summed E-state index contributed by atoms with van der Waals surface area (Å²) in [4.78, 5) is 17.6. The maximum atomic E-state index is 13.2. The number of piperidine rings is 1. The number of piperazine rings is 1. The molecule has 0 spiro atoms. The number of aromatic nitrogens is 1. The van der Waals surface area contributed by atoms with E-state index in [1.54, 1.807) is 21.0 Å². The fraction of sp³-hybridized carbons (Fsp3) is 0.583. The second-order valence-electron chi connectivity index (χ2n) is 9.20. The largest absolute Gasteiger partial charge is 0.497 e. The highest BCUT2D eigenvalue weighted by molar-refractivity contribution is 7.89. The zero-order valence-corrected chi connectivity index (χ0v) is 21.2. The van der Waals surface area contributed by atoms with Gasteiger partial charge >= 0.3 is 0 Å². The van der Waals surface area contributed by atoms with Crippen LogP contribution < -0.4 is 9.64 Å². The van der Waals surface area contributed by atoms with Crippen molar-refractivity contribution in [1.29, 1.82) is 0 Å². The topological polar surface area (TPSA) is 96.2 Å². The van der Waals surface area contributed by atoms with Gasteiger partial charge in [-0.15, -0.1) is 0 Å². The van der Waals surface area contributed by atoms with Crippen LogP contribution in [0.1, 0.15) is 31.2 Å². The number of methoxy groups -OCH3 is 1. The number of benzene rings is 1. The second kappa shape index (κ2) is 9.95. The Morgan fingerprint density at radius 3 is 2.38 bits per heavy atom. The number of aryl methyl sites for hydroxylation is 2.